The van der Waals surface area contributed by atoms with Gasteiger partial charge in [-0.25, -0.2) is 10.2 Å². The minimum absolute atomic E-state index is 0.221. The Bertz CT molecular complexity index is 169. The molecule has 1 aliphatic rings. The molecule has 10 heavy (non-hydrogen) atoms. The maximum absolute atomic E-state index is 10.3. The summed E-state index contributed by atoms with van der Waals surface area (Å²) < 4.78 is 4.34. The molecule has 6 heteroatoms. The average Bonchev–Trinajstić information content (AvgIpc) is 1.84. The van der Waals surface area contributed by atoms with Crippen LogP contribution >= 0.6 is 0 Å². The lowest BCUT2D eigenvalue weighted by Crippen LogP contribution is -2.56. The Hall–Kier alpha value is -1.30. The van der Waals surface area contributed by atoms with Crippen LogP contribution in [-0.2, 0) is 9.53 Å². The molecule has 3 N–H and O–H groups in total. The normalized spacial score (nSPS) is 22.8. The van der Waals surface area contributed by atoms with E-state index in [1.165, 1.54) is 0 Å². The van der Waals surface area contributed by atoms with Crippen LogP contribution < -0.4 is 10.9 Å². The Morgan fingerprint density at radius 3 is 2.80 bits per heavy atom. The summed E-state index contributed by atoms with van der Waals surface area (Å²) in [7, 11) is 0. The molecule has 1 saturated heterocycles. The van der Waals surface area contributed by atoms with Crippen molar-refractivity contribution in [3.05, 3.63) is 0 Å². The van der Waals surface area contributed by atoms with Crippen LogP contribution in [-0.4, -0.2) is 29.8 Å². The number of ether oxygens (including phenoxy) is 1. The zero-order valence-corrected chi connectivity index (χ0v) is 4.96. The van der Waals surface area contributed by atoms with E-state index in [1.54, 1.807) is 0 Å². The molecule has 1 rings (SSSR count). The third kappa shape index (κ3) is 1.35. The van der Waals surface area contributed by atoms with Crippen LogP contribution in [0.2, 0.25) is 0 Å². The van der Waals surface area contributed by atoms with Crippen molar-refractivity contribution in [3.63, 3.8) is 0 Å². The van der Waals surface area contributed by atoms with Gasteiger partial charge in [-0.3, -0.25) is 10.2 Å². The first-order chi connectivity index (χ1) is 4.70. The molecule has 1 heterocycles. The Kier molecular flexibility index (Phi) is 1.72. The number of carbonyl (C=O) groups is 2. The molecular weight excluding hydrogens is 140 g/mol. The van der Waals surface area contributed by atoms with Crippen LogP contribution in [0.3, 0.4) is 0 Å². The molecule has 0 aromatic carbocycles. The molecule has 0 aromatic heterocycles. The average molecular weight is 146 g/mol. The van der Waals surface area contributed by atoms with Crippen LogP contribution in [0, 0.1) is 0 Å². The molecule has 0 aromatic rings. The maximum atomic E-state index is 10.3. The van der Waals surface area contributed by atoms with Gasteiger partial charge in [0.2, 0.25) is 0 Å². The van der Waals surface area contributed by atoms with Crippen molar-refractivity contribution in [3.8, 4) is 0 Å². The fourth-order valence-corrected chi connectivity index (χ4v) is 0.484. The maximum Gasteiger partial charge on any atom is 0.419 e. The van der Waals surface area contributed by atoms with Crippen molar-refractivity contribution >= 4 is 12.1 Å². The summed E-state index contributed by atoms with van der Waals surface area (Å²) in [6, 6.07) is -0.518. The van der Waals surface area contributed by atoms with Gasteiger partial charge in [-0.1, -0.05) is 0 Å². The monoisotopic (exact) mass is 146 g/mol. The lowest BCUT2D eigenvalue weighted by Gasteiger charge is -2.24. The van der Waals surface area contributed by atoms with Gasteiger partial charge in [-0.15, -0.1) is 0 Å². The Morgan fingerprint density at radius 2 is 2.50 bits per heavy atom. The van der Waals surface area contributed by atoms with Gasteiger partial charge in [0.15, 0.2) is 6.04 Å². The van der Waals surface area contributed by atoms with Gasteiger partial charge in [-0.2, -0.15) is 0 Å². The second-order valence-electron chi connectivity index (χ2n) is 1.76. The second kappa shape index (κ2) is 2.53. The molecule has 0 saturated carbocycles. The van der Waals surface area contributed by atoms with Crippen molar-refractivity contribution in [2.24, 2.45) is 0 Å². The predicted molar refractivity (Wildman–Crippen MR) is 29.0 cm³/mol. The molecule has 1 unspecified atom stereocenters. The zero-order chi connectivity index (χ0) is 7.56. The SMILES string of the molecule is O=C(O)NNC1COC1=O. The number of nitrogens with one attached hydrogen (secondary N) is 2. The van der Waals surface area contributed by atoms with E-state index >= 15 is 0 Å². The standard InChI is InChI=1S/C4H6N2O4/c7-3-2(1-10-3)5-6-4(8)9/h2,5-6H,1H2,(H,8,9). The van der Waals surface area contributed by atoms with Gasteiger partial charge in [0.05, 0.1) is 0 Å². The van der Waals surface area contributed by atoms with E-state index in [9.17, 15) is 9.59 Å². The van der Waals surface area contributed by atoms with Crippen molar-refractivity contribution < 1.29 is 19.4 Å². The zero-order valence-electron chi connectivity index (χ0n) is 4.96. The largest absolute Gasteiger partial charge is 0.464 e. The first kappa shape index (κ1) is 6.81. The molecular formula is C4H6N2O4. The Morgan fingerprint density at radius 1 is 1.80 bits per heavy atom. The summed E-state index contributed by atoms with van der Waals surface area (Å²) in [5, 5.41) is 8.04. The fraction of sp³-hybridized carbons (Fsp3) is 0.500. The third-order valence-electron chi connectivity index (χ3n) is 1.03. The lowest BCUT2D eigenvalue weighted by molar-refractivity contribution is -0.163. The van der Waals surface area contributed by atoms with E-state index in [0.717, 1.165) is 0 Å². The van der Waals surface area contributed by atoms with E-state index in [0.29, 0.717) is 0 Å². The molecule has 1 fully saturated rings. The Balaban J connectivity index is 2.14. The summed E-state index contributed by atoms with van der Waals surface area (Å²) in [5.74, 6) is -0.436. The second-order valence-corrected chi connectivity index (χ2v) is 1.76. The minimum atomic E-state index is -1.22. The molecule has 0 bridgehead atoms. The smallest absolute Gasteiger partial charge is 0.419 e. The van der Waals surface area contributed by atoms with Gasteiger partial charge >= 0.3 is 12.1 Å². The summed E-state index contributed by atoms with van der Waals surface area (Å²) in [6.45, 7) is 0.221. The number of hydrogen-bond donors (Lipinski definition) is 3. The number of hydrazine groups is 1. The van der Waals surface area contributed by atoms with Gasteiger partial charge in [0.25, 0.3) is 0 Å². The number of cyclic esters (lactones) is 1. The van der Waals surface area contributed by atoms with Crippen LogP contribution in [0.1, 0.15) is 0 Å². The predicted octanol–water partition coefficient (Wildman–Crippen LogP) is -1.32. The highest BCUT2D eigenvalue weighted by atomic mass is 16.6. The topological polar surface area (TPSA) is 87.7 Å². The van der Waals surface area contributed by atoms with Gasteiger partial charge < -0.3 is 9.84 Å². The van der Waals surface area contributed by atoms with E-state index in [4.69, 9.17) is 5.11 Å². The number of hydrogen-bond acceptors (Lipinski definition) is 4. The summed E-state index contributed by atoms with van der Waals surface area (Å²) >= 11 is 0. The molecule has 1 aliphatic heterocycles. The first-order valence-electron chi connectivity index (χ1n) is 2.61. The van der Waals surface area contributed by atoms with Gasteiger partial charge in [-0.05, 0) is 0 Å². The highest BCUT2D eigenvalue weighted by molar-refractivity contribution is 5.81. The Labute approximate surface area is 56.1 Å². The number of amides is 1. The summed E-state index contributed by atoms with van der Waals surface area (Å²) in [4.78, 5) is 20.2. The number of carboxylic acid groups (broad SMARTS) is 1. The molecule has 0 spiro atoms. The molecule has 0 aliphatic carbocycles. The molecule has 1 amide bonds. The highest BCUT2D eigenvalue weighted by Gasteiger charge is 2.30. The fourth-order valence-electron chi connectivity index (χ4n) is 0.484. The van der Waals surface area contributed by atoms with Crippen molar-refractivity contribution in [2.45, 2.75) is 6.04 Å². The van der Waals surface area contributed by atoms with E-state index in [2.05, 4.69) is 10.2 Å². The van der Waals surface area contributed by atoms with Crippen molar-refractivity contribution in [2.75, 3.05) is 6.61 Å². The molecule has 1 atom stereocenters. The number of esters is 1. The summed E-state index contributed by atoms with van der Waals surface area (Å²) in [5.41, 5.74) is 4.09. The van der Waals surface area contributed by atoms with Crippen LogP contribution in [0.15, 0.2) is 0 Å². The van der Waals surface area contributed by atoms with Gasteiger partial charge in [0, 0.05) is 0 Å². The first-order valence-corrected chi connectivity index (χ1v) is 2.61. The summed E-state index contributed by atoms with van der Waals surface area (Å²) in [6.07, 6.45) is -1.22. The van der Waals surface area contributed by atoms with Gasteiger partial charge in [0.1, 0.15) is 6.61 Å². The van der Waals surface area contributed by atoms with Crippen molar-refractivity contribution in [1.29, 1.82) is 0 Å². The van der Waals surface area contributed by atoms with E-state index < -0.39 is 18.1 Å². The molecule has 6 nitrogen and oxygen atoms in total. The van der Waals surface area contributed by atoms with E-state index in [-0.39, 0.29) is 6.61 Å². The quantitative estimate of drug-likeness (QED) is 0.332. The third-order valence-corrected chi connectivity index (χ3v) is 1.03. The van der Waals surface area contributed by atoms with Crippen LogP contribution in [0.5, 0.6) is 0 Å². The van der Waals surface area contributed by atoms with Crippen LogP contribution in [0.25, 0.3) is 0 Å². The number of carbonyl (C=O) groups excluding carboxylic acids is 1. The molecule has 56 valence electrons. The number of rotatable bonds is 2. The van der Waals surface area contributed by atoms with Crippen molar-refractivity contribution in [1.82, 2.24) is 10.9 Å². The van der Waals surface area contributed by atoms with E-state index in [1.807, 2.05) is 5.43 Å². The molecule has 0 radical (unpaired) electrons. The van der Waals surface area contributed by atoms with Crippen LogP contribution in [0.4, 0.5) is 4.79 Å². The minimum Gasteiger partial charge on any atom is -0.464 e. The lowest BCUT2D eigenvalue weighted by atomic mass is 10.3. The highest BCUT2D eigenvalue weighted by Crippen LogP contribution is 2.00.